The summed E-state index contributed by atoms with van der Waals surface area (Å²) in [5.41, 5.74) is 1.98. The Hall–Kier alpha value is -1.88. The number of methoxy groups -OCH3 is 1. The van der Waals surface area contributed by atoms with E-state index in [1.54, 1.807) is 37.5 Å². The number of allylic oxidation sites excluding steroid dienone is 1. The van der Waals surface area contributed by atoms with Crippen LogP contribution in [0.4, 0.5) is 0 Å². The summed E-state index contributed by atoms with van der Waals surface area (Å²) in [5, 5.41) is 1.74. The molecule has 31 heavy (non-hydrogen) atoms. The molecule has 0 radical (unpaired) electrons. The molecule has 0 saturated heterocycles. The zero-order valence-electron chi connectivity index (χ0n) is 16.1. The highest BCUT2D eigenvalue weighted by Crippen LogP contribution is 2.35. The van der Waals surface area contributed by atoms with Gasteiger partial charge in [-0.3, -0.25) is 4.79 Å². The molecule has 0 atom stereocenters. The quantitative estimate of drug-likeness (QED) is 0.180. The van der Waals surface area contributed by atoms with Crippen LogP contribution in [-0.2, 0) is 6.61 Å². The van der Waals surface area contributed by atoms with Gasteiger partial charge in [0.2, 0.25) is 0 Å². The molecule has 0 spiro atoms. The van der Waals surface area contributed by atoms with Gasteiger partial charge in [0, 0.05) is 17.2 Å². The molecule has 0 unspecified atom stereocenters. The van der Waals surface area contributed by atoms with Crippen LogP contribution in [0.25, 0.3) is 6.08 Å². The number of ether oxygens (including phenoxy) is 2. The highest BCUT2D eigenvalue weighted by atomic mass is 35.5. The average Bonchev–Trinajstić information content (AvgIpc) is 2.75. The number of hydrogen-bond donors (Lipinski definition) is 0. The fourth-order valence-corrected chi connectivity index (χ4v) is 3.59. The summed E-state index contributed by atoms with van der Waals surface area (Å²) in [5.74, 6) is 0.827. The van der Waals surface area contributed by atoms with Crippen LogP contribution in [0.5, 0.6) is 11.5 Å². The highest BCUT2D eigenvalue weighted by molar-refractivity contribution is 6.43. The van der Waals surface area contributed by atoms with E-state index >= 15 is 0 Å². The summed E-state index contributed by atoms with van der Waals surface area (Å²) >= 11 is 30.0. The topological polar surface area (TPSA) is 35.5 Å². The lowest BCUT2D eigenvalue weighted by atomic mass is 10.1. The van der Waals surface area contributed by atoms with E-state index in [-0.39, 0.29) is 12.4 Å². The van der Waals surface area contributed by atoms with Crippen molar-refractivity contribution in [2.24, 2.45) is 0 Å². The first kappa shape index (κ1) is 23.8. The van der Waals surface area contributed by atoms with E-state index in [9.17, 15) is 4.79 Å². The van der Waals surface area contributed by atoms with E-state index in [0.717, 1.165) is 11.1 Å². The molecule has 0 aliphatic heterocycles. The predicted molar refractivity (Wildman–Crippen MR) is 129 cm³/mol. The second-order valence-corrected chi connectivity index (χ2v) is 8.42. The number of carbonyl (C=O) groups is 1. The minimum Gasteiger partial charge on any atom is -0.496 e. The van der Waals surface area contributed by atoms with Crippen molar-refractivity contribution in [2.75, 3.05) is 7.11 Å². The third-order valence-corrected chi connectivity index (χ3v) is 6.05. The molecule has 160 valence electrons. The van der Waals surface area contributed by atoms with E-state index in [0.29, 0.717) is 42.2 Å². The van der Waals surface area contributed by atoms with E-state index in [1.165, 1.54) is 18.2 Å². The molecule has 0 heterocycles. The Bertz CT molecular complexity index is 1160. The highest BCUT2D eigenvalue weighted by Gasteiger charge is 2.10. The summed E-state index contributed by atoms with van der Waals surface area (Å²) < 4.78 is 11.2. The van der Waals surface area contributed by atoms with Crippen molar-refractivity contribution in [1.29, 1.82) is 0 Å². The lowest BCUT2D eigenvalue weighted by molar-refractivity contribution is 0.104. The van der Waals surface area contributed by atoms with Crippen molar-refractivity contribution in [3.8, 4) is 11.5 Å². The smallest absolute Gasteiger partial charge is 0.185 e. The van der Waals surface area contributed by atoms with E-state index in [4.69, 9.17) is 67.5 Å². The minimum absolute atomic E-state index is 0.170. The number of halogens is 5. The first-order valence-electron chi connectivity index (χ1n) is 8.90. The zero-order chi connectivity index (χ0) is 22.5. The van der Waals surface area contributed by atoms with Crippen LogP contribution < -0.4 is 9.47 Å². The van der Waals surface area contributed by atoms with Gasteiger partial charge in [-0.2, -0.15) is 0 Å². The van der Waals surface area contributed by atoms with Crippen LogP contribution in [-0.4, -0.2) is 12.9 Å². The molecule has 3 aromatic carbocycles. The Labute approximate surface area is 205 Å². The predicted octanol–water partition coefficient (Wildman–Crippen LogP) is 8.44. The Morgan fingerprint density at radius 1 is 0.806 bits per heavy atom. The molecular formula is C23H15Cl5O3. The second kappa shape index (κ2) is 10.6. The summed E-state index contributed by atoms with van der Waals surface area (Å²) in [6.07, 6.45) is 3.15. The molecule has 0 aliphatic carbocycles. The number of rotatable bonds is 7. The van der Waals surface area contributed by atoms with Gasteiger partial charge in [-0.1, -0.05) is 70.1 Å². The number of hydrogen-bond acceptors (Lipinski definition) is 3. The fourth-order valence-electron chi connectivity index (χ4n) is 2.70. The SMILES string of the molecule is COc1ccc(/C=C/C(=O)c2ccc(Cl)c(Cl)c2)cc1COc1cc(Cl)c(Cl)cc1Cl. The maximum atomic E-state index is 12.4. The molecule has 0 aliphatic rings. The Morgan fingerprint density at radius 3 is 2.23 bits per heavy atom. The second-order valence-electron chi connectivity index (χ2n) is 6.38. The van der Waals surface area contributed by atoms with Gasteiger partial charge in [0.15, 0.2) is 5.78 Å². The molecule has 0 saturated carbocycles. The van der Waals surface area contributed by atoms with Crippen LogP contribution in [0.15, 0.2) is 54.6 Å². The van der Waals surface area contributed by atoms with Crippen LogP contribution in [0, 0.1) is 0 Å². The minimum atomic E-state index is -0.199. The van der Waals surface area contributed by atoms with Gasteiger partial charge in [-0.05, 0) is 48.0 Å². The third-order valence-electron chi connectivity index (χ3n) is 4.29. The van der Waals surface area contributed by atoms with Crippen LogP contribution in [0.3, 0.4) is 0 Å². The number of ketones is 1. The van der Waals surface area contributed by atoms with Crippen molar-refractivity contribution in [3.05, 3.63) is 96.4 Å². The van der Waals surface area contributed by atoms with Crippen LogP contribution in [0.1, 0.15) is 21.5 Å². The summed E-state index contributed by atoms with van der Waals surface area (Å²) in [7, 11) is 1.56. The average molecular weight is 517 g/mol. The summed E-state index contributed by atoms with van der Waals surface area (Å²) in [6.45, 7) is 0.170. The molecular weight excluding hydrogens is 502 g/mol. The van der Waals surface area contributed by atoms with Gasteiger partial charge in [0.1, 0.15) is 18.1 Å². The molecule has 0 aromatic heterocycles. The van der Waals surface area contributed by atoms with Gasteiger partial charge in [0.05, 0.1) is 32.2 Å². The standard InChI is InChI=1S/C23H15Cl5O3/c1-30-22-7-3-13(2-6-21(29)14-4-5-16(24)17(25)9-14)8-15(22)12-31-23-11-19(27)18(26)10-20(23)28/h2-11H,12H2,1H3/b6-2+. The molecule has 8 heteroatoms. The van der Waals surface area contributed by atoms with E-state index < -0.39 is 0 Å². The first-order chi connectivity index (χ1) is 14.8. The lowest BCUT2D eigenvalue weighted by Crippen LogP contribution is -2.00. The van der Waals surface area contributed by atoms with Gasteiger partial charge in [-0.25, -0.2) is 0 Å². The molecule has 0 amide bonds. The van der Waals surface area contributed by atoms with Crippen LogP contribution in [0.2, 0.25) is 25.1 Å². The van der Waals surface area contributed by atoms with Crippen molar-refractivity contribution in [3.63, 3.8) is 0 Å². The molecule has 3 rings (SSSR count). The van der Waals surface area contributed by atoms with Gasteiger partial charge in [0.25, 0.3) is 0 Å². The number of carbonyl (C=O) groups excluding carboxylic acids is 1. The first-order valence-corrected chi connectivity index (χ1v) is 10.8. The maximum Gasteiger partial charge on any atom is 0.185 e. The van der Waals surface area contributed by atoms with Crippen LogP contribution >= 0.6 is 58.0 Å². The lowest BCUT2D eigenvalue weighted by Gasteiger charge is -2.13. The van der Waals surface area contributed by atoms with Gasteiger partial charge in [-0.15, -0.1) is 0 Å². The summed E-state index contributed by atoms with van der Waals surface area (Å²) in [4.78, 5) is 12.4. The normalized spacial score (nSPS) is 11.0. The maximum absolute atomic E-state index is 12.4. The van der Waals surface area contributed by atoms with Gasteiger partial charge < -0.3 is 9.47 Å². The monoisotopic (exact) mass is 514 g/mol. The third kappa shape index (κ3) is 6.09. The van der Waals surface area contributed by atoms with Crippen molar-refractivity contribution in [2.45, 2.75) is 6.61 Å². The molecule has 3 nitrogen and oxygen atoms in total. The van der Waals surface area contributed by atoms with E-state index in [2.05, 4.69) is 0 Å². The molecule has 3 aromatic rings. The van der Waals surface area contributed by atoms with E-state index in [1.807, 2.05) is 12.1 Å². The van der Waals surface area contributed by atoms with Crippen molar-refractivity contribution < 1.29 is 14.3 Å². The zero-order valence-corrected chi connectivity index (χ0v) is 19.9. The van der Waals surface area contributed by atoms with Crippen molar-refractivity contribution in [1.82, 2.24) is 0 Å². The Kier molecular flexibility index (Phi) is 8.15. The van der Waals surface area contributed by atoms with Crippen molar-refractivity contribution >= 4 is 69.9 Å². The Balaban J connectivity index is 1.78. The molecule has 0 bridgehead atoms. The fraction of sp³-hybridized carbons (Fsp3) is 0.0870. The number of benzene rings is 3. The summed E-state index contributed by atoms with van der Waals surface area (Å²) in [6, 6.07) is 13.3. The largest absolute Gasteiger partial charge is 0.496 e. The molecule has 0 N–H and O–H groups in total. The van der Waals surface area contributed by atoms with Gasteiger partial charge >= 0.3 is 0 Å². The Morgan fingerprint density at radius 2 is 1.52 bits per heavy atom. The molecule has 0 fully saturated rings.